The number of carbonyl (C=O) groups is 3. The monoisotopic (exact) mass is 1060 g/mol. The standard InChI is InChI=1S/C62H68N10O7/c1-61(65-30-10-13-43-16-22-53(78-3)52(37-43)71-34-27-55(75)72(60(71)77)41-64-54(74)23-17-42-11-6-4-7-12-42)28-35-69(36-29-61)46-25-32-70(33-26-46)59-66-51-21-18-44(50-39-68(2)58(76)56-48(50)24-31-63-56)38-49(51)57(67-59)62(40-73,79-47-19-20-47)45-14-8-5-9-15-45/h4-9,11-12,14-16,18,21-22,24,31,37-39,46-47,63,65,73H,17,19-20,23,25-30,32-36,40-41H2,1-3H3,(H,64,74)/t62-/m0/s1. The first-order valence-corrected chi connectivity index (χ1v) is 27.6. The molecule has 408 valence electrons. The molecule has 4 aliphatic rings. The molecule has 11 rings (SSSR count). The summed E-state index contributed by atoms with van der Waals surface area (Å²) in [5, 5.41) is 19.7. The number of aromatic nitrogens is 4. The van der Waals surface area contributed by atoms with Crippen molar-refractivity contribution in [1.29, 1.82) is 0 Å². The normalized spacial score (nSPS) is 17.9. The van der Waals surface area contributed by atoms with Crippen LogP contribution < -0.4 is 30.7 Å². The molecule has 1 saturated carbocycles. The Hall–Kier alpha value is -7.88. The maximum atomic E-state index is 13.8. The number of nitrogens with one attached hydrogen (secondary N) is 3. The third-order valence-corrected chi connectivity index (χ3v) is 16.3. The Labute approximate surface area is 459 Å². The Morgan fingerprint density at radius 2 is 1.65 bits per heavy atom. The fourth-order valence-electron chi connectivity index (χ4n) is 11.5. The van der Waals surface area contributed by atoms with E-state index in [1.54, 1.807) is 31.0 Å². The number of ether oxygens (including phenoxy) is 2. The number of H-pyrrole nitrogens is 1. The first-order valence-electron chi connectivity index (χ1n) is 27.6. The number of hydrogen-bond donors (Lipinski definition) is 4. The second kappa shape index (κ2) is 22.8. The number of fused-ring (bicyclic) bond motifs is 2. The highest BCUT2D eigenvalue weighted by atomic mass is 16.5. The smallest absolute Gasteiger partial charge is 0.332 e. The zero-order valence-electron chi connectivity index (χ0n) is 45.2. The summed E-state index contributed by atoms with van der Waals surface area (Å²) >= 11 is 0. The molecule has 1 atom stereocenters. The number of aliphatic hydroxyl groups is 1. The van der Waals surface area contributed by atoms with Crippen molar-refractivity contribution in [2.45, 2.75) is 88.0 Å². The van der Waals surface area contributed by atoms with E-state index in [1.807, 2.05) is 91.1 Å². The largest absolute Gasteiger partial charge is 0.495 e. The van der Waals surface area contributed by atoms with Gasteiger partial charge in [0, 0.05) is 98.5 Å². The third-order valence-electron chi connectivity index (χ3n) is 16.3. The Balaban J connectivity index is 0.730. The van der Waals surface area contributed by atoms with Gasteiger partial charge < -0.3 is 44.6 Å². The van der Waals surface area contributed by atoms with E-state index in [9.17, 15) is 24.3 Å². The first-order chi connectivity index (χ1) is 38.4. The van der Waals surface area contributed by atoms with Crippen molar-refractivity contribution >= 4 is 51.3 Å². The fraction of sp³-hybridized carbons (Fsp3) is 0.387. The van der Waals surface area contributed by atoms with Gasteiger partial charge in [-0.15, -0.1) is 0 Å². The quantitative estimate of drug-likeness (QED) is 0.0671. The van der Waals surface area contributed by atoms with Crippen LogP contribution in [0.3, 0.4) is 0 Å². The van der Waals surface area contributed by atoms with Crippen LogP contribution in [0.4, 0.5) is 16.4 Å². The average molecular weight is 1070 g/mol. The number of aryl methyl sites for hydroxylation is 2. The van der Waals surface area contributed by atoms with Gasteiger partial charge in [0.1, 0.15) is 17.9 Å². The predicted molar refractivity (Wildman–Crippen MR) is 305 cm³/mol. The molecule has 4 N–H and O–H groups in total. The number of methoxy groups -OCH3 is 1. The lowest BCUT2D eigenvalue weighted by Crippen LogP contribution is -2.55. The minimum atomic E-state index is -1.24. The molecule has 17 heteroatoms. The van der Waals surface area contributed by atoms with E-state index in [4.69, 9.17) is 19.4 Å². The summed E-state index contributed by atoms with van der Waals surface area (Å²) in [5.74, 6) is 7.09. The van der Waals surface area contributed by atoms with Crippen molar-refractivity contribution in [2.75, 3.05) is 69.5 Å². The number of aromatic amines is 1. The number of likely N-dealkylation sites (tertiary alicyclic amines) is 1. The molecule has 79 heavy (non-hydrogen) atoms. The molecule has 3 aromatic heterocycles. The molecule has 3 saturated heterocycles. The van der Waals surface area contributed by atoms with Crippen molar-refractivity contribution in [3.63, 3.8) is 0 Å². The van der Waals surface area contributed by atoms with Crippen LogP contribution in [0.2, 0.25) is 0 Å². The second-order valence-electron chi connectivity index (χ2n) is 21.6. The van der Waals surface area contributed by atoms with E-state index in [-0.39, 0.29) is 61.7 Å². The van der Waals surface area contributed by atoms with Crippen LogP contribution in [-0.2, 0) is 33.4 Å². The summed E-state index contributed by atoms with van der Waals surface area (Å²) < 4.78 is 14.2. The number of benzene rings is 4. The summed E-state index contributed by atoms with van der Waals surface area (Å²) in [7, 11) is 3.30. The highest BCUT2D eigenvalue weighted by Gasteiger charge is 2.44. The van der Waals surface area contributed by atoms with E-state index < -0.39 is 11.6 Å². The number of pyridine rings is 1. The molecule has 6 heterocycles. The number of amides is 4. The topological polar surface area (TPSA) is 190 Å². The average Bonchev–Trinajstić information content (AvgIpc) is 4.37. The Bertz CT molecular complexity index is 3500. The maximum absolute atomic E-state index is 13.8. The summed E-state index contributed by atoms with van der Waals surface area (Å²) in [6.45, 7) is 5.90. The van der Waals surface area contributed by atoms with E-state index >= 15 is 0 Å². The third kappa shape index (κ3) is 11.2. The summed E-state index contributed by atoms with van der Waals surface area (Å²) in [4.78, 5) is 73.7. The number of anilines is 2. The van der Waals surface area contributed by atoms with Crippen molar-refractivity contribution in [2.24, 2.45) is 7.05 Å². The number of hydrogen-bond acceptors (Lipinski definition) is 12. The van der Waals surface area contributed by atoms with Gasteiger partial charge in [-0.05, 0) is 105 Å². The molecule has 0 unspecified atom stereocenters. The van der Waals surface area contributed by atoms with Gasteiger partial charge in [0.05, 0.1) is 43.3 Å². The lowest BCUT2D eigenvalue weighted by Gasteiger charge is -2.45. The molecule has 4 amide bonds. The van der Waals surface area contributed by atoms with Crippen molar-refractivity contribution in [1.82, 2.24) is 40.0 Å². The van der Waals surface area contributed by atoms with Crippen molar-refractivity contribution in [3.05, 3.63) is 148 Å². The molecule has 3 aliphatic heterocycles. The second-order valence-corrected chi connectivity index (χ2v) is 21.6. The number of imide groups is 1. The number of carbonyl (C=O) groups excluding carboxylic acids is 3. The minimum Gasteiger partial charge on any atom is -0.495 e. The first kappa shape index (κ1) is 53.1. The minimum absolute atomic E-state index is 0.00148. The van der Waals surface area contributed by atoms with Gasteiger partial charge in [0.15, 0.2) is 5.60 Å². The number of urea groups is 1. The van der Waals surface area contributed by atoms with Crippen LogP contribution in [0.5, 0.6) is 5.75 Å². The predicted octanol–water partition coefficient (Wildman–Crippen LogP) is 7.23. The highest BCUT2D eigenvalue weighted by molar-refractivity contribution is 6.06. The maximum Gasteiger partial charge on any atom is 0.332 e. The molecular weight excluding hydrogens is 997 g/mol. The van der Waals surface area contributed by atoms with Crippen molar-refractivity contribution < 1.29 is 29.0 Å². The zero-order valence-corrected chi connectivity index (χ0v) is 45.2. The Morgan fingerprint density at radius 1 is 0.886 bits per heavy atom. The van der Waals surface area contributed by atoms with Gasteiger partial charge in [-0.1, -0.05) is 78.6 Å². The Kier molecular flexibility index (Phi) is 15.4. The van der Waals surface area contributed by atoms with Gasteiger partial charge in [-0.2, -0.15) is 0 Å². The Morgan fingerprint density at radius 3 is 2.38 bits per heavy atom. The van der Waals surface area contributed by atoms with Gasteiger partial charge in [-0.3, -0.25) is 19.3 Å². The lowest BCUT2D eigenvalue weighted by molar-refractivity contribution is -0.130. The van der Waals surface area contributed by atoms with Crippen LogP contribution in [0, 0.1) is 11.8 Å². The number of aliphatic hydroxyl groups excluding tert-OH is 1. The molecule has 17 nitrogen and oxygen atoms in total. The number of nitrogens with zero attached hydrogens (tertiary/aromatic N) is 7. The SMILES string of the molecule is COc1ccc(C#CCNC2(C)CCN(C3CCN(c4nc([C@@](CO)(OC5CC5)c5ccccc5)c5cc(-c6cn(C)c(=O)c7[nH]ccc67)ccc5n4)CC3)CC2)cc1N1CCC(=O)N(CNC(=O)CCc2ccccc2)C1=O. The molecule has 4 aromatic carbocycles. The van der Waals surface area contributed by atoms with E-state index in [1.165, 1.54) is 4.90 Å². The van der Waals surface area contributed by atoms with E-state index in [0.717, 1.165) is 108 Å². The van der Waals surface area contributed by atoms with Crippen LogP contribution in [0.15, 0.2) is 120 Å². The highest BCUT2D eigenvalue weighted by Crippen LogP contribution is 2.44. The molecule has 0 spiro atoms. The summed E-state index contributed by atoms with van der Waals surface area (Å²) in [5.41, 5.74) is 5.38. The van der Waals surface area contributed by atoms with Crippen LogP contribution in [0.1, 0.15) is 80.7 Å². The van der Waals surface area contributed by atoms with Crippen molar-refractivity contribution in [3.8, 4) is 28.7 Å². The van der Waals surface area contributed by atoms with Crippen LogP contribution in [0.25, 0.3) is 32.9 Å². The number of piperidine rings is 2. The van der Waals surface area contributed by atoms with Gasteiger partial charge in [0.25, 0.3) is 5.56 Å². The fourth-order valence-corrected chi connectivity index (χ4v) is 11.5. The van der Waals surface area contributed by atoms with Gasteiger partial charge in [-0.25, -0.2) is 19.7 Å². The lowest BCUT2D eigenvalue weighted by atomic mass is 9.87. The van der Waals surface area contributed by atoms with Gasteiger partial charge >= 0.3 is 6.03 Å². The van der Waals surface area contributed by atoms with Gasteiger partial charge in [0.2, 0.25) is 17.8 Å². The molecule has 1 aliphatic carbocycles. The molecule has 7 aromatic rings. The molecule has 0 bridgehead atoms. The van der Waals surface area contributed by atoms with E-state index in [2.05, 4.69) is 56.3 Å². The van der Waals surface area contributed by atoms with Crippen LogP contribution in [-0.4, -0.2) is 130 Å². The molecular formula is C62H68N10O7. The number of rotatable bonds is 17. The molecule has 0 radical (unpaired) electrons. The zero-order chi connectivity index (χ0) is 54.7. The van der Waals surface area contributed by atoms with Crippen LogP contribution >= 0.6 is 0 Å². The summed E-state index contributed by atoms with van der Waals surface area (Å²) in [6, 6.07) is 33.1. The molecule has 4 fully saturated rings. The van der Waals surface area contributed by atoms with E-state index in [0.29, 0.717) is 53.2 Å². The summed E-state index contributed by atoms with van der Waals surface area (Å²) in [6.07, 6.45) is 10.2.